The van der Waals surface area contributed by atoms with Gasteiger partial charge in [0.05, 0.1) is 11.6 Å². The minimum Gasteiger partial charge on any atom is -0.373 e. The Labute approximate surface area is 109 Å². The molecule has 0 radical (unpaired) electrons. The van der Waals surface area contributed by atoms with Gasteiger partial charge in [0, 0.05) is 22.6 Å². The highest BCUT2D eigenvalue weighted by Crippen LogP contribution is 2.38. The Hall–Kier alpha value is -1.39. The van der Waals surface area contributed by atoms with E-state index in [2.05, 4.69) is 10.2 Å². The van der Waals surface area contributed by atoms with Crippen LogP contribution in [-0.4, -0.2) is 23.1 Å². The lowest BCUT2D eigenvalue weighted by atomic mass is 9.97. The van der Waals surface area contributed by atoms with Crippen LogP contribution in [0, 0.1) is 0 Å². The minimum absolute atomic E-state index is 0.0359. The summed E-state index contributed by atoms with van der Waals surface area (Å²) >= 11 is 6.28. The minimum atomic E-state index is -0.0359. The SMILES string of the molecule is O=Cc1n[nH]c2ccc(Cl)c(C3CCCCO3)c12. The number of H-pyrrole nitrogens is 1. The molecule has 1 aliphatic heterocycles. The van der Waals surface area contributed by atoms with E-state index in [0.717, 1.165) is 48.6 Å². The van der Waals surface area contributed by atoms with Crippen molar-refractivity contribution in [2.45, 2.75) is 25.4 Å². The first-order chi connectivity index (χ1) is 8.81. The molecule has 1 fully saturated rings. The van der Waals surface area contributed by atoms with Crippen LogP contribution in [0.4, 0.5) is 0 Å². The third-order valence-corrected chi connectivity index (χ3v) is 3.69. The van der Waals surface area contributed by atoms with Crippen molar-refractivity contribution in [3.8, 4) is 0 Å². The fourth-order valence-corrected chi connectivity index (χ4v) is 2.79. The highest BCUT2D eigenvalue weighted by atomic mass is 35.5. The monoisotopic (exact) mass is 264 g/mol. The first kappa shape index (κ1) is 11.7. The summed E-state index contributed by atoms with van der Waals surface area (Å²) in [7, 11) is 0. The number of hydrogen-bond acceptors (Lipinski definition) is 3. The molecule has 0 aliphatic carbocycles. The average Bonchev–Trinajstić information content (AvgIpc) is 2.82. The van der Waals surface area contributed by atoms with Crippen LogP contribution in [0.1, 0.15) is 41.4 Å². The van der Waals surface area contributed by atoms with Crippen LogP contribution in [0.3, 0.4) is 0 Å². The number of halogens is 1. The summed E-state index contributed by atoms with van der Waals surface area (Å²) in [4.78, 5) is 11.1. The van der Waals surface area contributed by atoms with E-state index < -0.39 is 0 Å². The Morgan fingerprint density at radius 1 is 1.44 bits per heavy atom. The lowest BCUT2D eigenvalue weighted by molar-refractivity contribution is 0.0159. The van der Waals surface area contributed by atoms with Crippen molar-refractivity contribution < 1.29 is 9.53 Å². The number of aldehydes is 1. The molecule has 1 aliphatic rings. The zero-order valence-corrected chi connectivity index (χ0v) is 10.5. The predicted octanol–water partition coefficient (Wildman–Crippen LogP) is 3.27. The average molecular weight is 265 g/mol. The van der Waals surface area contributed by atoms with Crippen LogP contribution in [0.15, 0.2) is 12.1 Å². The van der Waals surface area contributed by atoms with Crippen LogP contribution in [-0.2, 0) is 4.74 Å². The first-order valence-electron chi connectivity index (χ1n) is 6.04. The summed E-state index contributed by atoms with van der Waals surface area (Å²) in [6, 6.07) is 3.66. The molecule has 0 amide bonds. The number of ether oxygens (including phenoxy) is 1. The Morgan fingerprint density at radius 3 is 3.06 bits per heavy atom. The summed E-state index contributed by atoms with van der Waals surface area (Å²) in [5.41, 5.74) is 2.12. The van der Waals surface area contributed by atoms with Crippen molar-refractivity contribution in [3.63, 3.8) is 0 Å². The van der Waals surface area contributed by atoms with Gasteiger partial charge in [-0.2, -0.15) is 5.10 Å². The van der Waals surface area contributed by atoms with Gasteiger partial charge in [-0.3, -0.25) is 9.89 Å². The highest BCUT2D eigenvalue weighted by Gasteiger charge is 2.23. The summed E-state index contributed by atoms with van der Waals surface area (Å²) in [5.74, 6) is 0. The second kappa shape index (κ2) is 4.71. The van der Waals surface area contributed by atoms with Gasteiger partial charge in [-0.25, -0.2) is 0 Å². The van der Waals surface area contributed by atoms with E-state index in [1.807, 2.05) is 12.1 Å². The summed E-state index contributed by atoms with van der Waals surface area (Å²) < 4.78 is 5.78. The summed E-state index contributed by atoms with van der Waals surface area (Å²) in [6.07, 6.45) is 3.84. The van der Waals surface area contributed by atoms with Crippen molar-refractivity contribution in [3.05, 3.63) is 28.4 Å². The third kappa shape index (κ3) is 1.82. The zero-order chi connectivity index (χ0) is 12.5. The molecule has 94 valence electrons. The van der Waals surface area contributed by atoms with Crippen LogP contribution in [0.2, 0.25) is 5.02 Å². The highest BCUT2D eigenvalue weighted by molar-refractivity contribution is 6.32. The number of hydrogen-bond donors (Lipinski definition) is 1. The number of nitrogens with zero attached hydrogens (tertiary/aromatic N) is 1. The molecule has 1 unspecified atom stereocenters. The van der Waals surface area contributed by atoms with Gasteiger partial charge in [0.15, 0.2) is 6.29 Å². The number of carbonyl (C=O) groups is 1. The van der Waals surface area contributed by atoms with E-state index in [1.165, 1.54) is 0 Å². The van der Waals surface area contributed by atoms with Crippen molar-refractivity contribution in [2.24, 2.45) is 0 Å². The summed E-state index contributed by atoms with van der Waals surface area (Å²) in [5, 5.41) is 8.29. The number of benzene rings is 1. The molecule has 0 spiro atoms. The molecule has 4 nitrogen and oxygen atoms in total. The van der Waals surface area contributed by atoms with Crippen molar-refractivity contribution >= 4 is 28.8 Å². The standard InChI is InChI=1S/C13H13ClN2O2/c14-8-4-5-9-13(10(7-17)16-15-9)12(8)11-3-1-2-6-18-11/h4-5,7,11H,1-3,6H2,(H,15,16). The van der Waals surface area contributed by atoms with E-state index in [-0.39, 0.29) is 6.10 Å². The maximum Gasteiger partial charge on any atom is 0.170 e. The van der Waals surface area contributed by atoms with Crippen LogP contribution in [0.25, 0.3) is 10.9 Å². The van der Waals surface area contributed by atoms with Gasteiger partial charge in [-0.1, -0.05) is 11.6 Å². The van der Waals surface area contributed by atoms with E-state index >= 15 is 0 Å². The van der Waals surface area contributed by atoms with Gasteiger partial charge < -0.3 is 4.74 Å². The van der Waals surface area contributed by atoms with Gasteiger partial charge >= 0.3 is 0 Å². The number of nitrogens with one attached hydrogen (secondary N) is 1. The molecule has 1 atom stereocenters. The van der Waals surface area contributed by atoms with Crippen LogP contribution in [0.5, 0.6) is 0 Å². The maximum absolute atomic E-state index is 11.1. The molecule has 0 saturated carbocycles. The number of carbonyl (C=O) groups excluding carboxylic acids is 1. The second-order valence-corrected chi connectivity index (χ2v) is 4.87. The molecule has 1 N–H and O–H groups in total. The third-order valence-electron chi connectivity index (χ3n) is 3.36. The Kier molecular flexibility index (Phi) is 3.06. The lowest BCUT2D eigenvalue weighted by Crippen LogP contribution is -2.12. The van der Waals surface area contributed by atoms with Gasteiger partial charge in [0.2, 0.25) is 0 Å². The molecule has 2 aromatic rings. The molecule has 1 saturated heterocycles. The number of fused-ring (bicyclic) bond motifs is 1. The smallest absolute Gasteiger partial charge is 0.170 e. The predicted molar refractivity (Wildman–Crippen MR) is 69.0 cm³/mol. The molecular formula is C13H13ClN2O2. The number of aromatic nitrogens is 2. The molecule has 3 rings (SSSR count). The van der Waals surface area contributed by atoms with E-state index in [0.29, 0.717) is 10.7 Å². The van der Waals surface area contributed by atoms with Gasteiger partial charge in [-0.05, 0) is 31.4 Å². The van der Waals surface area contributed by atoms with E-state index in [9.17, 15) is 4.79 Å². The van der Waals surface area contributed by atoms with Gasteiger partial charge in [-0.15, -0.1) is 0 Å². The fraction of sp³-hybridized carbons (Fsp3) is 0.385. The molecule has 1 aromatic heterocycles. The van der Waals surface area contributed by atoms with Crippen molar-refractivity contribution in [2.75, 3.05) is 6.61 Å². The molecule has 0 bridgehead atoms. The van der Waals surface area contributed by atoms with Crippen LogP contribution >= 0.6 is 11.6 Å². The van der Waals surface area contributed by atoms with Gasteiger partial charge in [0.1, 0.15) is 5.69 Å². The second-order valence-electron chi connectivity index (χ2n) is 4.47. The van der Waals surface area contributed by atoms with E-state index in [1.54, 1.807) is 0 Å². The maximum atomic E-state index is 11.1. The topological polar surface area (TPSA) is 55.0 Å². The van der Waals surface area contributed by atoms with Gasteiger partial charge in [0.25, 0.3) is 0 Å². The van der Waals surface area contributed by atoms with Crippen molar-refractivity contribution in [1.82, 2.24) is 10.2 Å². The Bertz CT molecular complexity index is 588. The first-order valence-corrected chi connectivity index (χ1v) is 6.42. The molecule has 1 aromatic carbocycles. The Morgan fingerprint density at radius 2 is 2.33 bits per heavy atom. The Balaban J connectivity index is 2.20. The van der Waals surface area contributed by atoms with Crippen molar-refractivity contribution in [1.29, 1.82) is 0 Å². The summed E-state index contributed by atoms with van der Waals surface area (Å²) in [6.45, 7) is 0.742. The number of rotatable bonds is 2. The fourth-order valence-electron chi connectivity index (χ4n) is 2.51. The quantitative estimate of drug-likeness (QED) is 0.847. The van der Waals surface area contributed by atoms with E-state index in [4.69, 9.17) is 16.3 Å². The molecule has 5 heteroatoms. The molecule has 18 heavy (non-hydrogen) atoms. The lowest BCUT2D eigenvalue weighted by Gasteiger charge is -2.24. The van der Waals surface area contributed by atoms with Crippen LogP contribution < -0.4 is 0 Å². The molecule has 2 heterocycles. The normalized spacial score (nSPS) is 20.2. The zero-order valence-electron chi connectivity index (χ0n) is 9.78. The number of aromatic amines is 1. The largest absolute Gasteiger partial charge is 0.373 e. The molecular weight excluding hydrogens is 252 g/mol.